The predicted octanol–water partition coefficient (Wildman–Crippen LogP) is 0.799. The summed E-state index contributed by atoms with van der Waals surface area (Å²) in [5.74, 6) is -0.821. The lowest BCUT2D eigenvalue weighted by molar-refractivity contribution is -0.221. The lowest BCUT2D eigenvalue weighted by Crippen LogP contribution is -2.51. The molecule has 1 unspecified atom stereocenters. The summed E-state index contributed by atoms with van der Waals surface area (Å²) in [7, 11) is 0. The van der Waals surface area contributed by atoms with E-state index in [4.69, 9.17) is 14.6 Å². The molecule has 13 heavy (non-hydrogen) atoms. The molecule has 0 amide bonds. The fourth-order valence-corrected chi connectivity index (χ4v) is 1.80. The van der Waals surface area contributed by atoms with E-state index in [1.54, 1.807) is 0 Å². The molecule has 2 aliphatic rings. The normalized spacial score (nSPS) is 31.2. The van der Waals surface area contributed by atoms with E-state index < -0.39 is 5.97 Å². The Balaban J connectivity index is 1.79. The minimum Gasteiger partial charge on any atom is -0.481 e. The van der Waals surface area contributed by atoms with Crippen molar-refractivity contribution in [2.75, 3.05) is 13.2 Å². The first-order chi connectivity index (χ1) is 6.20. The Morgan fingerprint density at radius 2 is 2.31 bits per heavy atom. The van der Waals surface area contributed by atoms with Gasteiger partial charge in [0.25, 0.3) is 0 Å². The second-order valence-corrected chi connectivity index (χ2v) is 3.88. The molecular weight excluding hydrogens is 172 g/mol. The van der Waals surface area contributed by atoms with Crippen LogP contribution in [0.5, 0.6) is 0 Å². The maximum atomic E-state index is 10.4. The SMILES string of the molecule is O=C(O)CC1COC2(CCC2)CO1. The van der Waals surface area contributed by atoms with Crippen LogP contribution in [-0.4, -0.2) is 36.0 Å². The van der Waals surface area contributed by atoms with Crippen molar-refractivity contribution in [2.24, 2.45) is 0 Å². The monoisotopic (exact) mass is 186 g/mol. The topological polar surface area (TPSA) is 55.8 Å². The molecule has 0 aromatic carbocycles. The lowest BCUT2D eigenvalue weighted by atomic mass is 9.80. The first-order valence-corrected chi connectivity index (χ1v) is 4.68. The maximum Gasteiger partial charge on any atom is 0.306 e. The zero-order valence-electron chi connectivity index (χ0n) is 7.49. The molecule has 1 aliphatic heterocycles. The molecule has 0 aromatic heterocycles. The maximum absolute atomic E-state index is 10.4. The molecule has 1 saturated heterocycles. The van der Waals surface area contributed by atoms with Gasteiger partial charge in [0, 0.05) is 0 Å². The molecule has 4 nitrogen and oxygen atoms in total. The summed E-state index contributed by atoms with van der Waals surface area (Å²) in [6.07, 6.45) is 3.13. The summed E-state index contributed by atoms with van der Waals surface area (Å²) in [4.78, 5) is 10.4. The molecular formula is C9H14O4. The van der Waals surface area contributed by atoms with Crippen LogP contribution in [0.3, 0.4) is 0 Å². The van der Waals surface area contributed by atoms with Gasteiger partial charge in [-0.15, -0.1) is 0 Å². The molecule has 1 saturated carbocycles. The van der Waals surface area contributed by atoms with Gasteiger partial charge >= 0.3 is 5.97 Å². The van der Waals surface area contributed by atoms with E-state index in [9.17, 15) is 4.79 Å². The Labute approximate surface area is 76.8 Å². The highest BCUT2D eigenvalue weighted by molar-refractivity contribution is 5.67. The van der Waals surface area contributed by atoms with Crippen molar-refractivity contribution in [1.29, 1.82) is 0 Å². The molecule has 1 N–H and O–H groups in total. The third-order valence-corrected chi connectivity index (χ3v) is 2.82. The molecule has 1 atom stereocenters. The predicted molar refractivity (Wildman–Crippen MR) is 44.5 cm³/mol. The van der Waals surface area contributed by atoms with Crippen LogP contribution >= 0.6 is 0 Å². The van der Waals surface area contributed by atoms with Gasteiger partial charge in [-0.05, 0) is 19.3 Å². The van der Waals surface area contributed by atoms with Gasteiger partial charge in [0.15, 0.2) is 0 Å². The third kappa shape index (κ3) is 1.84. The van der Waals surface area contributed by atoms with Gasteiger partial charge in [0.2, 0.25) is 0 Å². The molecule has 4 heteroatoms. The highest BCUT2D eigenvalue weighted by Crippen LogP contribution is 2.38. The number of aliphatic carboxylic acids is 1. The van der Waals surface area contributed by atoms with E-state index in [1.165, 1.54) is 6.42 Å². The molecule has 0 radical (unpaired) electrons. The average Bonchev–Trinajstić information content (AvgIpc) is 2.02. The summed E-state index contributed by atoms with van der Waals surface area (Å²) in [6.45, 7) is 1.01. The molecule has 0 bridgehead atoms. The smallest absolute Gasteiger partial charge is 0.306 e. The molecule has 2 rings (SSSR count). The second kappa shape index (κ2) is 3.27. The third-order valence-electron chi connectivity index (χ3n) is 2.82. The summed E-state index contributed by atoms with van der Waals surface area (Å²) >= 11 is 0. The fourth-order valence-electron chi connectivity index (χ4n) is 1.80. The lowest BCUT2D eigenvalue weighted by Gasteiger charge is -2.46. The van der Waals surface area contributed by atoms with Crippen molar-refractivity contribution in [3.8, 4) is 0 Å². The Bertz CT molecular complexity index is 200. The number of ether oxygens (including phenoxy) is 2. The number of hydrogen-bond acceptors (Lipinski definition) is 3. The number of carboxylic acid groups (broad SMARTS) is 1. The number of carbonyl (C=O) groups is 1. The molecule has 2 fully saturated rings. The zero-order valence-corrected chi connectivity index (χ0v) is 7.49. The summed E-state index contributed by atoms with van der Waals surface area (Å²) < 4.78 is 11.1. The van der Waals surface area contributed by atoms with Crippen LogP contribution in [0.25, 0.3) is 0 Å². The first kappa shape index (κ1) is 8.97. The Morgan fingerprint density at radius 3 is 2.69 bits per heavy atom. The van der Waals surface area contributed by atoms with E-state index in [2.05, 4.69) is 0 Å². The van der Waals surface area contributed by atoms with E-state index in [0.717, 1.165) is 12.8 Å². The van der Waals surface area contributed by atoms with Crippen molar-refractivity contribution in [1.82, 2.24) is 0 Å². The van der Waals surface area contributed by atoms with Crippen LogP contribution in [0.1, 0.15) is 25.7 Å². The molecule has 1 heterocycles. The number of hydrogen-bond donors (Lipinski definition) is 1. The van der Waals surface area contributed by atoms with Gasteiger partial charge in [-0.25, -0.2) is 0 Å². The van der Waals surface area contributed by atoms with Gasteiger partial charge in [-0.2, -0.15) is 0 Å². The van der Waals surface area contributed by atoms with Gasteiger partial charge < -0.3 is 14.6 Å². The van der Waals surface area contributed by atoms with Gasteiger partial charge in [-0.3, -0.25) is 4.79 Å². The average molecular weight is 186 g/mol. The zero-order chi connectivity index (χ0) is 9.31. The minimum absolute atomic E-state index is 0.0466. The van der Waals surface area contributed by atoms with Gasteiger partial charge in [-0.1, -0.05) is 0 Å². The summed E-state index contributed by atoms with van der Waals surface area (Å²) in [5, 5.41) is 8.53. The van der Waals surface area contributed by atoms with Crippen LogP contribution in [-0.2, 0) is 14.3 Å². The minimum atomic E-state index is -0.821. The Morgan fingerprint density at radius 1 is 1.54 bits per heavy atom. The number of rotatable bonds is 2. The first-order valence-electron chi connectivity index (χ1n) is 4.68. The van der Waals surface area contributed by atoms with Crippen LogP contribution in [0.15, 0.2) is 0 Å². The quantitative estimate of drug-likeness (QED) is 0.693. The van der Waals surface area contributed by atoms with Crippen molar-refractivity contribution in [2.45, 2.75) is 37.4 Å². The largest absolute Gasteiger partial charge is 0.481 e. The highest BCUT2D eigenvalue weighted by Gasteiger charge is 2.42. The molecule has 0 aromatic rings. The van der Waals surface area contributed by atoms with E-state index in [1.807, 2.05) is 0 Å². The summed E-state index contributed by atoms with van der Waals surface area (Å²) in [6, 6.07) is 0. The Kier molecular flexibility index (Phi) is 2.26. The van der Waals surface area contributed by atoms with Crippen molar-refractivity contribution < 1.29 is 19.4 Å². The van der Waals surface area contributed by atoms with Crippen molar-refractivity contribution in [3.05, 3.63) is 0 Å². The van der Waals surface area contributed by atoms with Crippen molar-refractivity contribution in [3.63, 3.8) is 0 Å². The van der Waals surface area contributed by atoms with E-state index in [0.29, 0.717) is 13.2 Å². The fraction of sp³-hybridized carbons (Fsp3) is 0.889. The van der Waals surface area contributed by atoms with Crippen LogP contribution in [0, 0.1) is 0 Å². The Hall–Kier alpha value is -0.610. The van der Waals surface area contributed by atoms with Crippen LogP contribution < -0.4 is 0 Å². The number of carboxylic acids is 1. The van der Waals surface area contributed by atoms with E-state index in [-0.39, 0.29) is 18.1 Å². The molecule has 1 spiro atoms. The molecule has 74 valence electrons. The second-order valence-electron chi connectivity index (χ2n) is 3.88. The standard InChI is InChI=1S/C9H14O4/c10-8(11)4-7-5-13-9(6-12-7)2-1-3-9/h7H,1-6H2,(H,10,11). The van der Waals surface area contributed by atoms with Crippen LogP contribution in [0.4, 0.5) is 0 Å². The summed E-state index contributed by atoms with van der Waals surface area (Å²) in [5.41, 5.74) is -0.0466. The van der Waals surface area contributed by atoms with E-state index >= 15 is 0 Å². The van der Waals surface area contributed by atoms with Crippen LogP contribution in [0.2, 0.25) is 0 Å². The molecule has 1 aliphatic carbocycles. The van der Waals surface area contributed by atoms with Crippen molar-refractivity contribution >= 4 is 5.97 Å². The van der Waals surface area contributed by atoms with Gasteiger partial charge in [0.05, 0.1) is 31.3 Å². The highest BCUT2D eigenvalue weighted by atomic mass is 16.6. The van der Waals surface area contributed by atoms with Gasteiger partial charge in [0.1, 0.15) is 0 Å².